The van der Waals surface area contributed by atoms with Crippen molar-refractivity contribution in [2.45, 2.75) is 13.5 Å². The second-order valence-electron chi connectivity index (χ2n) is 5.39. The minimum atomic E-state index is 0.490. The molecule has 0 fully saturated rings. The van der Waals surface area contributed by atoms with Gasteiger partial charge in [-0.3, -0.25) is 4.84 Å². The highest BCUT2D eigenvalue weighted by Crippen LogP contribution is 2.37. The van der Waals surface area contributed by atoms with E-state index in [1.54, 1.807) is 0 Å². The van der Waals surface area contributed by atoms with Gasteiger partial charge < -0.3 is 0 Å². The molecule has 0 unspecified atom stereocenters. The zero-order valence-electron chi connectivity index (χ0n) is 13.0. The standard InChI is InChI=1S/C20H18BrNO/c1-15-13-19(21)16(2)22(20(15)18-11-7-4-8-12-18)23-14-17-9-5-3-6-10-17/h3-13H,2,14H2,1H3. The first-order chi connectivity index (χ1) is 11.2. The van der Waals surface area contributed by atoms with Crippen molar-refractivity contribution in [2.75, 3.05) is 0 Å². The Labute approximate surface area is 145 Å². The van der Waals surface area contributed by atoms with Crippen LogP contribution in [0.5, 0.6) is 0 Å². The number of benzene rings is 2. The SMILES string of the molecule is C=C1C(Br)=CC(C)=C(c2ccccc2)N1OCc1ccccc1. The molecule has 0 radical (unpaired) electrons. The normalized spacial score (nSPS) is 15.0. The number of rotatable bonds is 4. The second kappa shape index (κ2) is 6.99. The lowest BCUT2D eigenvalue weighted by Gasteiger charge is -2.32. The van der Waals surface area contributed by atoms with Crippen LogP contribution in [0.3, 0.4) is 0 Å². The molecule has 0 amide bonds. The van der Waals surface area contributed by atoms with Crippen LogP contribution in [0, 0.1) is 0 Å². The highest BCUT2D eigenvalue weighted by Gasteiger charge is 2.24. The molecule has 0 aromatic heterocycles. The van der Waals surface area contributed by atoms with Crippen LogP contribution in [0.1, 0.15) is 18.1 Å². The maximum atomic E-state index is 6.09. The van der Waals surface area contributed by atoms with E-state index in [-0.39, 0.29) is 0 Å². The Morgan fingerprint density at radius 1 is 1.00 bits per heavy atom. The summed E-state index contributed by atoms with van der Waals surface area (Å²) in [5.41, 5.74) is 5.18. The van der Waals surface area contributed by atoms with Crippen molar-refractivity contribution in [2.24, 2.45) is 0 Å². The third-order valence-corrected chi connectivity index (χ3v) is 4.38. The summed E-state index contributed by atoms with van der Waals surface area (Å²) in [5, 5.41) is 1.82. The molecule has 0 atom stereocenters. The summed E-state index contributed by atoms with van der Waals surface area (Å²) in [6.07, 6.45) is 2.08. The van der Waals surface area contributed by atoms with Gasteiger partial charge in [0.15, 0.2) is 0 Å². The van der Waals surface area contributed by atoms with E-state index in [1.165, 1.54) is 0 Å². The lowest BCUT2D eigenvalue weighted by atomic mass is 10.0. The van der Waals surface area contributed by atoms with Gasteiger partial charge in [0.05, 0.1) is 11.4 Å². The molecule has 3 heteroatoms. The minimum Gasteiger partial charge on any atom is -0.264 e. The van der Waals surface area contributed by atoms with Crippen LogP contribution in [-0.4, -0.2) is 5.06 Å². The van der Waals surface area contributed by atoms with Crippen molar-refractivity contribution >= 4 is 21.6 Å². The van der Waals surface area contributed by atoms with Gasteiger partial charge in [-0.15, -0.1) is 0 Å². The van der Waals surface area contributed by atoms with Crippen LogP contribution < -0.4 is 0 Å². The highest BCUT2D eigenvalue weighted by molar-refractivity contribution is 9.12. The fourth-order valence-corrected chi connectivity index (χ4v) is 3.04. The maximum Gasteiger partial charge on any atom is 0.100 e. The first kappa shape index (κ1) is 15.8. The van der Waals surface area contributed by atoms with E-state index in [0.717, 1.165) is 32.6 Å². The van der Waals surface area contributed by atoms with E-state index in [2.05, 4.69) is 59.8 Å². The van der Waals surface area contributed by atoms with Crippen molar-refractivity contribution < 1.29 is 4.84 Å². The Hall–Kier alpha value is -2.10. The predicted octanol–water partition coefficient (Wildman–Crippen LogP) is 5.66. The van der Waals surface area contributed by atoms with Gasteiger partial charge in [-0.05, 0) is 40.1 Å². The van der Waals surface area contributed by atoms with E-state index in [1.807, 2.05) is 41.5 Å². The zero-order chi connectivity index (χ0) is 16.2. The molecule has 0 bridgehead atoms. The second-order valence-corrected chi connectivity index (χ2v) is 6.24. The molecule has 2 nitrogen and oxygen atoms in total. The maximum absolute atomic E-state index is 6.09. The molecular weight excluding hydrogens is 350 g/mol. The molecule has 3 rings (SSSR count). The molecule has 0 spiro atoms. The van der Waals surface area contributed by atoms with Crippen LogP contribution >= 0.6 is 15.9 Å². The quantitative estimate of drug-likeness (QED) is 0.691. The number of halogens is 1. The average molecular weight is 368 g/mol. The van der Waals surface area contributed by atoms with Gasteiger partial charge in [0.25, 0.3) is 0 Å². The topological polar surface area (TPSA) is 12.5 Å². The summed E-state index contributed by atoms with van der Waals surface area (Å²) in [4.78, 5) is 6.09. The Morgan fingerprint density at radius 3 is 2.26 bits per heavy atom. The highest BCUT2D eigenvalue weighted by atomic mass is 79.9. The largest absolute Gasteiger partial charge is 0.264 e. The monoisotopic (exact) mass is 367 g/mol. The smallest absolute Gasteiger partial charge is 0.100 e. The number of nitrogens with zero attached hydrogens (tertiary/aromatic N) is 1. The van der Waals surface area contributed by atoms with Crippen LogP contribution in [0.4, 0.5) is 0 Å². The molecule has 2 aromatic rings. The van der Waals surface area contributed by atoms with Gasteiger partial charge in [-0.2, -0.15) is 0 Å². The molecular formula is C20H18BrNO. The molecule has 0 N–H and O–H groups in total. The van der Waals surface area contributed by atoms with Gasteiger partial charge in [0.1, 0.15) is 6.61 Å². The average Bonchev–Trinajstić information content (AvgIpc) is 2.58. The fourth-order valence-electron chi connectivity index (χ4n) is 2.53. The summed E-state index contributed by atoms with van der Waals surface area (Å²) in [6.45, 7) is 6.72. The third kappa shape index (κ3) is 3.46. The molecule has 1 aliphatic rings. The Kier molecular flexibility index (Phi) is 4.79. The number of hydrogen-bond donors (Lipinski definition) is 0. The van der Waals surface area contributed by atoms with E-state index in [9.17, 15) is 0 Å². The van der Waals surface area contributed by atoms with Gasteiger partial charge in [0, 0.05) is 10.0 Å². The number of hydroxylamine groups is 2. The van der Waals surface area contributed by atoms with Gasteiger partial charge >= 0.3 is 0 Å². The first-order valence-electron chi connectivity index (χ1n) is 7.46. The first-order valence-corrected chi connectivity index (χ1v) is 8.26. The summed E-state index contributed by atoms with van der Waals surface area (Å²) in [6, 6.07) is 20.4. The lowest BCUT2D eigenvalue weighted by Crippen LogP contribution is -2.25. The summed E-state index contributed by atoms with van der Waals surface area (Å²) < 4.78 is 0.933. The Balaban J connectivity index is 1.92. The number of allylic oxidation sites excluding steroid dienone is 3. The van der Waals surface area contributed by atoms with E-state index < -0.39 is 0 Å². The molecule has 1 aliphatic heterocycles. The van der Waals surface area contributed by atoms with Crippen molar-refractivity contribution in [3.63, 3.8) is 0 Å². The molecule has 23 heavy (non-hydrogen) atoms. The fraction of sp³-hybridized carbons (Fsp3) is 0.100. The van der Waals surface area contributed by atoms with Crippen LogP contribution in [0.2, 0.25) is 0 Å². The van der Waals surface area contributed by atoms with E-state index >= 15 is 0 Å². The minimum absolute atomic E-state index is 0.490. The summed E-state index contributed by atoms with van der Waals surface area (Å²) in [7, 11) is 0. The molecule has 2 aromatic carbocycles. The number of hydrogen-bond acceptors (Lipinski definition) is 2. The predicted molar refractivity (Wildman–Crippen MR) is 98.3 cm³/mol. The molecule has 0 saturated heterocycles. The molecule has 0 saturated carbocycles. The Morgan fingerprint density at radius 2 is 1.61 bits per heavy atom. The van der Waals surface area contributed by atoms with Crippen molar-refractivity contribution in [1.82, 2.24) is 5.06 Å². The molecule has 1 heterocycles. The van der Waals surface area contributed by atoms with Gasteiger partial charge in [-0.1, -0.05) is 67.2 Å². The van der Waals surface area contributed by atoms with Crippen molar-refractivity contribution in [3.8, 4) is 0 Å². The lowest BCUT2D eigenvalue weighted by molar-refractivity contribution is -0.0918. The summed E-state index contributed by atoms with van der Waals surface area (Å²) >= 11 is 3.57. The van der Waals surface area contributed by atoms with Crippen LogP contribution in [0.25, 0.3) is 5.70 Å². The van der Waals surface area contributed by atoms with Gasteiger partial charge in [0.2, 0.25) is 0 Å². The van der Waals surface area contributed by atoms with Crippen LogP contribution in [0.15, 0.2) is 89.1 Å². The van der Waals surface area contributed by atoms with Gasteiger partial charge in [-0.25, -0.2) is 5.06 Å². The Bertz CT molecular complexity index is 763. The van der Waals surface area contributed by atoms with Crippen molar-refractivity contribution in [3.05, 3.63) is 100 Å². The zero-order valence-corrected chi connectivity index (χ0v) is 14.6. The molecule has 116 valence electrons. The van der Waals surface area contributed by atoms with Crippen LogP contribution in [-0.2, 0) is 11.4 Å². The summed E-state index contributed by atoms with van der Waals surface area (Å²) in [5.74, 6) is 0. The van der Waals surface area contributed by atoms with E-state index in [4.69, 9.17) is 4.84 Å². The van der Waals surface area contributed by atoms with Crippen molar-refractivity contribution in [1.29, 1.82) is 0 Å². The molecule has 0 aliphatic carbocycles. The third-order valence-electron chi connectivity index (χ3n) is 3.69. The van der Waals surface area contributed by atoms with E-state index in [0.29, 0.717) is 6.61 Å².